The third kappa shape index (κ3) is 2.85. The highest BCUT2D eigenvalue weighted by Gasteiger charge is 2.17. The molecule has 1 unspecified atom stereocenters. The molecule has 0 spiro atoms. The second kappa shape index (κ2) is 5.41. The molecule has 106 valence electrons. The number of benzene rings is 1. The van der Waals surface area contributed by atoms with Gasteiger partial charge in [0.25, 0.3) is 5.91 Å². The topological polar surface area (TPSA) is 68.3 Å². The number of nitrogen functional groups attached to an aromatic ring is 1. The Labute approximate surface area is 119 Å². The van der Waals surface area contributed by atoms with Crippen LogP contribution in [0.25, 0.3) is 0 Å². The predicted octanol–water partition coefficient (Wildman–Crippen LogP) is 3.28. The highest BCUT2D eigenvalue weighted by Crippen LogP contribution is 2.22. The van der Waals surface area contributed by atoms with E-state index in [1.54, 1.807) is 12.1 Å². The minimum atomic E-state index is -0.169. The summed E-state index contributed by atoms with van der Waals surface area (Å²) in [5.74, 6) is 1.50. The smallest absolute Gasteiger partial charge is 0.253 e. The van der Waals surface area contributed by atoms with Gasteiger partial charge in [0.2, 0.25) is 0 Å². The largest absolute Gasteiger partial charge is 0.466 e. The fraction of sp³-hybridized carbons (Fsp3) is 0.312. The highest BCUT2D eigenvalue weighted by molar-refractivity contribution is 5.99. The average molecular weight is 272 g/mol. The summed E-state index contributed by atoms with van der Waals surface area (Å²) < 4.78 is 5.49. The molecule has 0 aliphatic carbocycles. The zero-order chi connectivity index (χ0) is 14.9. The Morgan fingerprint density at radius 3 is 2.55 bits per heavy atom. The van der Waals surface area contributed by atoms with Crippen LogP contribution in [0.3, 0.4) is 0 Å². The average Bonchev–Trinajstić information content (AvgIpc) is 2.71. The predicted molar refractivity (Wildman–Crippen MR) is 79.7 cm³/mol. The first kappa shape index (κ1) is 14.2. The van der Waals surface area contributed by atoms with Gasteiger partial charge < -0.3 is 15.5 Å². The van der Waals surface area contributed by atoms with Gasteiger partial charge >= 0.3 is 0 Å². The normalized spacial score (nSPS) is 12.2. The van der Waals surface area contributed by atoms with E-state index in [9.17, 15) is 4.79 Å². The lowest BCUT2D eigenvalue weighted by molar-refractivity contribution is 0.0940. The van der Waals surface area contributed by atoms with Gasteiger partial charge in [-0.3, -0.25) is 4.79 Å². The number of anilines is 1. The lowest BCUT2D eigenvalue weighted by atomic mass is 10.1. The fourth-order valence-electron chi connectivity index (χ4n) is 2.30. The highest BCUT2D eigenvalue weighted by atomic mass is 16.3. The van der Waals surface area contributed by atoms with Gasteiger partial charge in [-0.2, -0.15) is 0 Å². The van der Waals surface area contributed by atoms with Crippen LogP contribution in [0.1, 0.15) is 46.0 Å². The van der Waals surface area contributed by atoms with E-state index < -0.39 is 0 Å². The first-order chi connectivity index (χ1) is 9.38. The van der Waals surface area contributed by atoms with Crippen molar-refractivity contribution >= 4 is 11.6 Å². The molecule has 0 saturated carbocycles. The minimum absolute atomic E-state index is 0.125. The molecule has 1 aromatic heterocycles. The summed E-state index contributed by atoms with van der Waals surface area (Å²) in [5.41, 5.74) is 8.85. The van der Waals surface area contributed by atoms with E-state index in [-0.39, 0.29) is 11.9 Å². The summed E-state index contributed by atoms with van der Waals surface area (Å²) >= 11 is 0. The Morgan fingerprint density at radius 1 is 1.25 bits per heavy atom. The third-order valence-electron chi connectivity index (χ3n) is 3.35. The van der Waals surface area contributed by atoms with Crippen molar-refractivity contribution in [1.82, 2.24) is 5.32 Å². The Balaban J connectivity index is 2.19. The van der Waals surface area contributed by atoms with E-state index >= 15 is 0 Å². The number of rotatable bonds is 3. The molecule has 20 heavy (non-hydrogen) atoms. The van der Waals surface area contributed by atoms with Crippen molar-refractivity contribution in [2.45, 2.75) is 33.7 Å². The molecular formula is C16H20N2O2. The van der Waals surface area contributed by atoms with Crippen LogP contribution in [0, 0.1) is 20.8 Å². The maximum Gasteiger partial charge on any atom is 0.253 e. The molecule has 4 nitrogen and oxygen atoms in total. The molecule has 0 aliphatic heterocycles. The number of carbonyl (C=O) groups excluding carboxylic acids is 1. The van der Waals surface area contributed by atoms with Gasteiger partial charge in [0.05, 0.1) is 11.6 Å². The number of hydrogen-bond acceptors (Lipinski definition) is 3. The standard InChI is InChI=1S/C16H20N2O2/c1-9-5-6-15(17)14(7-9)16(19)18-11(3)13-8-10(2)20-12(13)4/h5-8,11H,17H2,1-4H3,(H,18,19). The SMILES string of the molecule is Cc1ccc(N)c(C(=O)NC(C)c2cc(C)oc2C)c1. The van der Waals surface area contributed by atoms with Gasteiger partial charge in [-0.1, -0.05) is 11.6 Å². The van der Waals surface area contributed by atoms with Crippen molar-refractivity contribution in [3.05, 3.63) is 52.5 Å². The molecule has 2 aromatic rings. The molecule has 0 saturated heterocycles. The number of carbonyl (C=O) groups is 1. The van der Waals surface area contributed by atoms with Gasteiger partial charge in [0.1, 0.15) is 11.5 Å². The summed E-state index contributed by atoms with van der Waals surface area (Å²) in [7, 11) is 0. The molecule has 1 heterocycles. The second-order valence-electron chi connectivity index (χ2n) is 5.15. The summed E-state index contributed by atoms with van der Waals surface area (Å²) in [6, 6.07) is 7.26. The van der Waals surface area contributed by atoms with Crippen LogP contribution in [-0.4, -0.2) is 5.91 Å². The minimum Gasteiger partial charge on any atom is -0.466 e. The number of nitrogens with two attached hydrogens (primary N) is 1. The van der Waals surface area contributed by atoms with Gasteiger partial charge in [0.15, 0.2) is 0 Å². The number of amides is 1. The summed E-state index contributed by atoms with van der Waals surface area (Å²) in [5, 5.41) is 2.96. The van der Waals surface area contributed by atoms with Crippen LogP contribution < -0.4 is 11.1 Å². The van der Waals surface area contributed by atoms with E-state index in [0.717, 1.165) is 22.6 Å². The van der Waals surface area contributed by atoms with Crippen molar-refractivity contribution in [3.63, 3.8) is 0 Å². The van der Waals surface area contributed by atoms with Gasteiger partial charge in [0, 0.05) is 11.3 Å². The first-order valence-corrected chi connectivity index (χ1v) is 6.62. The quantitative estimate of drug-likeness (QED) is 0.842. The molecule has 3 N–H and O–H groups in total. The molecule has 0 bridgehead atoms. The van der Waals surface area contributed by atoms with Crippen molar-refractivity contribution in [2.75, 3.05) is 5.73 Å². The molecule has 1 amide bonds. The van der Waals surface area contributed by atoms with Crippen LogP contribution in [0.4, 0.5) is 5.69 Å². The molecule has 0 fully saturated rings. The Hall–Kier alpha value is -2.23. The third-order valence-corrected chi connectivity index (χ3v) is 3.35. The molecule has 1 atom stereocenters. The molecule has 4 heteroatoms. The summed E-state index contributed by atoms with van der Waals surface area (Å²) in [4.78, 5) is 12.3. The molecule has 1 aromatic carbocycles. The Morgan fingerprint density at radius 2 is 1.95 bits per heavy atom. The van der Waals surface area contributed by atoms with Crippen LogP contribution in [0.2, 0.25) is 0 Å². The fourth-order valence-corrected chi connectivity index (χ4v) is 2.30. The molecule has 0 aliphatic rings. The van der Waals surface area contributed by atoms with Crippen molar-refractivity contribution in [2.24, 2.45) is 0 Å². The number of hydrogen-bond donors (Lipinski definition) is 2. The molecule has 2 rings (SSSR count). The monoisotopic (exact) mass is 272 g/mol. The zero-order valence-corrected chi connectivity index (χ0v) is 12.3. The summed E-state index contributed by atoms with van der Waals surface area (Å²) in [6.45, 7) is 7.65. The maximum absolute atomic E-state index is 12.3. The molecule has 0 radical (unpaired) electrons. The first-order valence-electron chi connectivity index (χ1n) is 6.62. The Bertz CT molecular complexity index is 644. The second-order valence-corrected chi connectivity index (χ2v) is 5.15. The number of furan rings is 1. The van der Waals surface area contributed by atoms with Crippen LogP contribution in [0.15, 0.2) is 28.7 Å². The van der Waals surface area contributed by atoms with Crippen molar-refractivity contribution in [3.8, 4) is 0 Å². The van der Waals surface area contributed by atoms with Crippen LogP contribution in [-0.2, 0) is 0 Å². The Kier molecular flexibility index (Phi) is 3.84. The number of nitrogens with one attached hydrogen (secondary N) is 1. The van der Waals surface area contributed by atoms with Gasteiger partial charge in [-0.05, 0) is 45.9 Å². The molecular weight excluding hydrogens is 252 g/mol. The van der Waals surface area contributed by atoms with Gasteiger partial charge in [-0.15, -0.1) is 0 Å². The lowest BCUT2D eigenvalue weighted by Crippen LogP contribution is -2.27. The maximum atomic E-state index is 12.3. The van der Waals surface area contributed by atoms with Gasteiger partial charge in [-0.25, -0.2) is 0 Å². The van der Waals surface area contributed by atoms with Crippen molar-refractivity contribution in [1.29, 1.82) is 0 Å². The van der Waals surface area contributed by atoms with Crippen LogP contribution in [0.5, 0.6) is 0 Å². The zero-order valence-electron chi connectivity index (χ0n) is 12.3. The van der Waals surface area contributed by atoms with E-state index in [4.69, 9.17) is 10.2 Å². The van der Waals surface area contributed by atoms with Crippen LogP contribution >= 0.6 is 0 Å². The van der Waals surface area contributed by atoms with E-state index in [1.165, 1.54) is 0 Å². The van der Waals surface area contributed by atoms with E-state index in [1.807, 2.05) is 39.8 Å². The lowest BCUT2D eigenvalue weighted by Gasteiger charge is -2.14. The summed E-state index contributed by atoms with van der Waals surface area (Å²) in [6.07, 6.45) is 0. The van der Waals surface area contributed by atoms with E-state index in [0.29, 0.717) is 11.3 Å². The van der Waals surface area contributed by atoms with Crippen molar-refractivity contribution < 1.29 is 9.21 Å². The van der Waals surface area contributed by atoms with E-state index in [2.05, 4.69) is 5.32 Å². The number of aryl methyl sites for hydroxylation is 3.